The molecule has 0 aromatic carbocycles. The zero-order valence-corrected chi connectivity index (χ0v) is 9.93. The highest BCUT2D eigenvalue weighted by atomic mass is 15.0. The van der Waals surface area contributed by atoms with Gasteiger partial charge < -0.3 is 9.88 Å². The van der Waals surface area contributed by atoms with E-state index < -0.39 is 0 Å². The van der Waals surface area contributed by atoms with Gasteiger partial charge in [-0.25, -0.2) is 0 Å². The number of aromatic nitrogens is 1. The summed E-state index contributed by atoms with van der Waals surface area (Å²) in [6.45, 7) is 3.39. The smallest absolute Gasteiger partial charge is 0.0415 e. The lowest BCUT2D eigenvalue weighted by atomic mass is 10.0. The molecule has 1 heterocycles. The first kappa shape index (κ1) is 10.5. The van der Waals surface area contributed by atoms with Gasteiger partial charge in [0, 0.05) is 23.3 Å². The first-order valence-electron chi connectivity index (χ1n) is 5.69. The van der Waals surface area contributed by atoms with Crippen LogP contribution in [-0.4, -0.2) is 30.5 Å². The number of aromatic amines is 1. The zero-order valence-electron chi connectivity index (χ0n) is 9.93. The molecule has 2 rings (SSSR count). The van der Waals surface area contributed by atoms with Gasteiger partial charge in [0.2, 0.25) is 0 Å². The highest BCUT2D eigenvalue weighted by molar-refractivity contribution is 5.50. The second-order valence-corrected chi connectivity index (χ2v) is 4.68. The van der Waals surface area contributed by atoms with Gasteiger partial charge >= 0.3 is 0 Å². The summed E-state index contributed by atoms with van der Waals surface area (Å²) in [4.78, 5) is 5.62. The minimum absolute atomic E-state index is 1.12. The number of nitrogens with one attached hydrogen (secondary N) is 1. The Balaban J connectivity index is 2.35. The fourth-order valence-corrected chi connectivity index (χ4v) is 2.25. The topological polar surface area (TPSA) is 19.0 Å². The second-order valence-electron chi connectivity index (χ2n) is 4.68. The Morgan fingerprint density at radius 1 is 1.40 bits per heavy atom. The molecule has 1 N–H and O–H groups in total. The molecule has 0 saturated heterocycles. The highest BCUT2D eigenvalue weighted by Crippen LogP contribution is 2.07. The van der Waals surface area contributed by atoms with Crippen molar-refractivity contribution in [3.8, 4) is 0 Å². The summed E-state index contributed by atoms with van der Waals surface area (Å²) in [5, 5.41) is 2.83. The van der Waals surface area contributed by atoms with Crippen LogP contribution in [0.25, 0.3) is 11.6 Å². The highest BCUT2D eigenvalue weighted by Gasteiger charge is 2.06. The Kier molecular flexibility index (Phi) is 2.96. The number of likely N-dealkylation sites (N-methyl/N-ethyl adjacent to an activating group) is 1. The number of H-pyrrole nitrogens is 1. The van der Waals surface area contributed by atoms with Crippen LogP contribution in [0.3, 0.4) is 0 Å². The Labute approximate surface area is 91.3 Å². The number of rotatable bonds is 3. The summed E-state index contributed by atoms with van der Waals surface area (Å²) in [6, 6.07) is 0. The molecule has 0 amide bonds. The number of hydrogen-bond donors (Lipinski definition) is 1. The van der Waals surface area contributed by atoms with E-state index >= 15 is 0 Å². The van der Waals surface area contributed by atoms with Crippen LogP contribution in [-0.2, 0) is 6.42 Å². The lowest BCUT2D eigenvalue weighted by Crippen LogP contribution is -2.30. The predicted octanol–water partition coefficient (Wildman–Crippen LogP) is 0.864. The SMILES string of the molecule is CC1=c2c(CCN(C)C)c[nH]c2=CCC1. The third-order valence-corrected chi connectivity index (χ3v) is 3.12. The lowest BCUT2D eigenvalue weighted by molar-refractivity contribution is 0.413. The third kappa shape index (κ3) is 2.15. The van der Waals surface area contributed by atoms with Gasteiger partial charge in [-0.05, 0) is 45.8 Å². The largest absolute Gasteiger partial charge is 0.361 e. The summed E-state index contributed by atoms with van der Waals surface area (Å²) in [5.41, 5.74) is 3.02. The normalized spacial score (nSPS) is 15.3. The molecular formula is C13H20N2. The number of hydrogen-bond acceptors (Lipinski definition) is 1. The predicted molar refractivity (Wildman–Crippen MR) is 65.1 cm³/mol. The van der Waals surface area contributed by atoms with E-state index in [-0.39, 0.29) is 0 Å². The fraction of sp³-hybridized carbons (Fsp3) is 0.538. The molecule has 15 heavy (non-hydrogen) atoms. The van der Waals surface area contributed by atoms with Crippen LogP contribution in [0.15, 0.2) is 6.20 Å². The molecule has 2 nitrogen and oxygen atoms in total. The molecule has 1 aromatic heterocycles. The second kappa shape index (κ2) is 4.23. The van der Waals surface area contributed by atoms with Crippen molar-refractivity contribution >= 4 is 11.6 Å². The zero-order chi connectivity index (χ0) is 10.8. The summed E-state index contributed by atoms with van der Waals surface area (Å²) in [6.07, 6.45) is 8.05. The van der Waals surface area contributed by atoms with E-state index in [0.717, 1.165) is 13.0 Å². The van der Waals surface area contributed by atoms with E-state index in [0.29, 0.717) is 0 Å². The third-order valence-electron chi connectivity index (χ3n) is 3.12. The number of nitrogens with zero attached hydrogens (tertiary/aromatic N) is 1. The summed E-state index contributed by atoms with van der Waals surface area (Å²) in [7, 11) is 4.25. The van der Waals surface area contributed by atoms with Crippen LogP contribution >= 0.6 is 0 Å². The maximum atomic E-state index is 3.39. The van der Waals surface area contributed by atoms with E-state index in [1.807, 2.05) is 0 Å². The molecule has 0 spiro atoms. The minimum Gasteiger partial charge on any atom is -0.361 e. The maximum absolute atomic E-state index is 3.39. The van der Waals surface area contributed by atoms with Gasteiger partial charge in [-0.15, -0.1) is 0 Å². The molecule has 1 aromatic rings. The van der Waals surface area contributed by atoms with Gasteiger partial charge in [-0.1, -0.05) is 11.6 Å². The van der Waals surface area contributed by atoms with Crippen molar-refractivity contribution in [1.29, 1.82) is 0 Å². The average molecular weight is 204 g/mol. The van der Waals surface area contributed by atoms with Crippen molar-refractivity contribution in [2.45, 2.75) is 26.2 Å². The molecule has 0 fully saturated rings. The Hall–Kier alpha value is -1.02. The van der Waals surface area contributed by atoms with Crippen LogP contribution in [0.2, 0.25) is 0 Å². The van der Waals surface area contributed by atoms with Gasteiger partial charge in [0.1, 0.15) is 0 Å². The van der Waals surface area contributed by atoms with E-state index in [1.165, 1.54) is 29.0 Å². The van der Waals surface area contributed by atoms with Crippen molar-refractivity contribution in [2.24, 2.45) is 0 Å². The average Bonchev–Trinajstić information content (AvgIpc) is 2.59. The van der Waals surface area contributed by atoms with E-state index in [4.69, 9.17) is 0 Å². The van der Waals surface area contributed by atoms with Gasteiger partial charge in [0.25, 0.3) is 0 Å². The summed E-state index contributed by atoms with van der Waals surface area (Å²) in [5.74, 6) is 0. The van der Waals surface area contributed by atoms with Crippen molar-refractivity contribution in [2.75, 3.05) is 20.6 Å². The monoisotopic (exact) mass is 204 g/mol. The van der Waals surface area contributed by atoms with Crippen LogP contribution in [0.5, 0.6) is 0 Å². The molecule has 0 aliphatic heterocycles. The molecule has 0 bridgehead atoms. The molecular weight excluding hydrogens is 184 g/mol. The Morgan fingerprint density at radius 2 is 2.20 bits per heavy atom. The number of fused-ring (bicyclic) bond motifs is 1. The van der Waals surface area contributed by atoms with Crippen LogP contribution < -0.4 is 10.6 Å². The van der Waals surface area contributed by atoms with Crippen molar-refractivity contribution in [3.63, 3.8) is 0 Å². The van der Waals surface area contributed by atoms with Gasteiger partial charge in [0.05, 0.1) is 0 Å². The molecule has 0 unspecified atom stereocenters. The standard InChI is InChI=1S/C13H20N2/c1-10-5-4-6-12-13(10)11(9-14-12)7-8-15(2)3/h6,9,14H,4-5,7-8H2,1-3H3. The van der Waals surface area contributed by atoms with Crippen LogP contribution in [0.1, 0.15) is 25.3 Å². The molecule has 0 radical (unpaired) electrons. The van der Waals surface area contributed by atoms with Crippen molar-refractivity contribution in [3.05, 3.63) is 22.3 Å². The summed E-state index contributed by atoms with van der Waals surface area (Å²) < 4.78 is 0. The van der Waals surface area contributed by atoms with E-state index in [2.05, 4.69) is 43.2 Å². The first-order chi connectivity index (χ1) is 7.18. The Morgan fingerprint density at radius 3 is 2.93 bits per heavy atom. The van der Waals surface area contributed by atoms with Gasteiger partial charge in [-0.2, -0.15) is 0 Å². The molecule has 82 valence electrons. The first-order valence-corrected chi connectivity index (χ1v) is 5.69. The fourth-order valence-electron chi connectivity index (χ4n) is 2.25. The molecule has 1 aliphatic rings. The Bertz CT molecular complexity index is 451. The van der Waals surface area contributed by atoms with Crippen LogP contribution in [0.4, 0.5) is 0 Å². The quantitative estimate of drug-likeness (QED) is 0.774. The van der Waals surface area contributed by atoms with E-state index in [1.54, 1.807) is 5.57 Å². The molecule has 1 aliphatic carbocycles. The lowest BCUT2D eigenvalue weighted by Gasteiger charge is -2.09. The van der Waals surface area contributed by atoms with Gasteiger partial charge in [0.15, 0.2) is 0 Å². The minimum atomic E-state index is 1.12. The van der Waals surface area contributed by atoms with Crippen molar-refractivity contribution in [1.82, 2.24) is 9.88 Å². The van der Waals surface area contributed by atoms with Crippen molar-refractivity contribution < 1.29 is 0 Å². The summed E-state index contributed by atoms with van der Waals surface area (Å²) >= 11 is 0. The van der Waals surface area contributed by atoms with Gasteiger partial charge in [-0.3, -0.25) is 0 Å². The maximum Gasteiger partial charge on any atom is 0.0415 e. The van der Waals surface area contributed by atoms with Crippen LogP contribution in [0, 0.1) is 0 Å². The molecule has 0 saturated carbocycles. The molecule has 0 atom stereocenters. The molecule has 2 heteroatoms. The van der Waals surface area contributed by atoms with E-state index in [9.17, 15) is 0 Å².